The predicted molar refractivity (Wildman–Crippen MR) is 81.3 cm³/mol. The number of hydrogen-bond donors (Lipinski definition) is 1. The fourth-order valence-electron chi connectivity index (χ4n) is 4.55. The van der Waals surface area contributed by atoms with E-state index in [1.807, 2.05) is 0 Å². The molecule has 2 atom stereocenters. The standard InChI is InChI=1S/C17H29NO3/c1-2-4-16(5-8-18-13-16)15(19)14-3-9-21-17(12-14)6-10-20-11-7-17/h14,18H,2-13H2,1H3. The SMILES string of the molecule is CCCC1(C(=O)C2CCOC3(CCOCC3)C2)CCNC1. The number of carbonyl (C=O) groups is 1. The Balaban J connectivity index is 1.71. The number of rotatable bonds is 4. The molecule has 3 heterocycles. The maximum absolute atomic E-state index is 13.2. The molecular weight excluding hydrogens is 266 g/mol. The van der Waals surface area contributed by atoms with E-state index in [4.69, 9.17) is 9.47 Å². The Morgan fingerprint density at radius 3 is 2.71 bits per heavy atom. The highest BCUT2D eigenvalue weighted by Crippen LogP contribution is 2.42. The zero-order valence-corrected chi connectivity index (χ0v) is 13.3. The van der Waals surface area contributed by atoms with Gasteiger partial charge in [-0.05, 0) is 45.1 Å². The van der Waals surface area contributed by atoms with Gasteiger partial charge in [-0.25, -0.2) is 0 Å². The Morgan fingerprint density at radius 2 is 2.05 bits per heavy atom. The first-order chi connectivity index (χ1) is 10.2. The summed E-state index contributed by atoms with van der Waals surface area (Å²) in [4.78, 5) is 13.2. The van der Waals surface area contributed by atoms with E-state index >= 15 is 0 Å². The van der Waals surface area contributed by atoms with Crippen LogP contribution in [0.15, 0.2) is 0 Å². The smallest absolute Gasteiger partial charge is 0.143 e. The van der Waals surface area contributed by atoms with E-state index in [-0.39, 0.29) is 16.9 Å². The molecule has 0 aromatic carbocycles. The summed E-state index contributed by atoms with van der Waals surface area (Å²) in [6, 6.07) is 0. The number of Topliss-reactive ketones (excluding diaryl/α,β-unsaturated/α-hetero) is 1. The van der Waals surface area contributed by atoms with Crippen molar-refractivity contribution in [2.75, 3.05) is 32.9 Å². The Kier molecular flexibility index (Phi) is 4.67. The lowest BCUT2D eigenvalue weighted by Gasteiger charge is -2.44. The van der Waals surface area contributed by atoms with Gasteiger partial charge in [0.15, 0.2) is 0 Å². The summed E-state index contributed by atoms with van der Waals surface area (Å²) in [5.41, 5.74) is -0.167. The highest BCUT2D eigenvalue weighted by molar-refractivity contribution is 5.87. The fourth-order valence-corrected chi connectivity index (χ4v) is 4.55. The summed E-state index contributed by atoms with van der Waals surface area (Å²) in [6.45, 7) is 6.37. The molecular formula is C17H29NO3. The number of ketones is 1. The van der Waals surface area contributed by atoms with Gasteiger partial charge in [-0.1, -0.05) is 13.3 Å². The summed E-state index contributed by atoms with van der Waals surface area (Å²) in [6.07, 6.45) is 6.88. The van der Waals surface area contributed by atoms with Crippen molar-refractivity contribution in [3.63, 3.8) is 0 Å². The Hall–Kier alpha value is -0.450. The highest BCUT2D eigenvalue weighted by Gasteiger charge is 2.47. The molecule has 4 nitrogen and oxygen atoms in total. The molecule has 3 fully saturated rings. The summed E-state index contributed by atoms with van der Waals surface area (Å²) < 4.78 is 11.6. The predicted octanol–water partition coefficient (Wildman–Crippen LogP) is 2.31. The molecule has 0 amide bonds. The van der Waals surface area contributed by atoms with Crippen LogP contribution < -0.4 is 5.32 Å². The van der Waals surface area contributed by atoms with Crippen molar-refractivity contribution in [2.24, 2.45) is 11.3 Å². The van der Waals surface area contributed by atoms with Crippen molar-refractivity contribution in [2.45, 2.75) is 57.5 Å². The molecule has 0 aromatic rings. The second-order valence-corrected chi connectivity index (χ2v) is 7.15. The molecule has 3 aliphatic rings. The molecule has 3 saturated heterocycles. The van der Waals surface area contributed by atoms with Crippen LogP contribution in [0.5, 0.6) is 0 Å². The average Bonchev–Trinajstić information content (AvgIpc) is 2.97. The van der Waals surface area contributed by atoms with Crippen LogP contribution in [0.4, 0.5) is 0 Å². The van der Waals surface area contributed by atoms with Crippen LogP contribution in [0.2, 0.25) is 0 Å². The van der Waals surface area contributed by atoms with Crippen molar-refractivity contribution in [1.29, 1.82) is 0 Å². The third-order valence-corrected chi connectivity index (χ3v) is 5.76. The topological polar surface area (TPSA) is 47.6 Å². The van der Waals surface area contributed by atoms with E-state index in [1.165, 1.54) is 0 Å². The molecule has 1 N–H and O–H groups in total. The summed E-state index contributed by atoms with van der Waals surface area (Å²) in [5, 5.41) is 3.42. The minimum absolute atomic E-state index is 0.0732. The number of ether oxygens (including phenoxy) is 2. The molecule has 21 heavy (non-hydrogen) atoms. The molecule has 0 radical (unpaired) electrons. The second kappa shape index (κ2) is 6.35. The van der Waals surface area contributed by atoms with Gasteiger partial charge in [-0.3, -0.25) is 4.79 Å². The van der Waals surface area contributed by atoms with Crippen LogP contribution in [0.25, 0.3) is 0 Å². The maximum Gasteiger partial charge on any atom is 0.143 e. The minimum Gasteiger partial charge on any atom is -0.381 e. The summed E-state index contributed by atoms with van der Waals surface area (Å²) >= 11 is 0. The van der Waals surface area contributed by atoms with Gasteiger partial charge in [0.1, 0.15) is 5.78 Å². The van der Waals surface area contributed by atoms with Gasteiger partial charge in [0, 0.05) is 37.7 Å². The molecule has 1 spiro atoms. The Morgan fingerprint density at radius 1 is 1.24 bits per heavy atom. The number of hydrogen-bond acceptors (Lipinski definition) is 4. The molecule has 2 unspecified atom stereocenters. The van der Waals surface area contributed by atoms with E-state index in [0.717, 1.165) is 77.9 Å². The Labute approximate surface area is 127 Å². The van der Waals surface area contributed by atoms with Gasteiger partial charge < -0.3 is 14.8 Å². The van der Waals surface area contributed by atoms with Crippen LogP contribution in [0.3, 0.4) is 0 Å². The van der Waals surface area contributed by atoms with Crippen LogP contribution >= 0.6 is 0 Å². The molecule has 3 rings (SSSR count). The molecule has 0 aliphatic carbocycles. The fraction of sp³-hybridized carbons (Fsp3) is 0.941. The third-order valence-electron chi connectivity index (χ3n) is 5.76. The summed E-state index contributed by atoms with van der Waals surface area (Å²) in [5.74, 6) is 0.715. The minimum atomic E-state index is -0.0941. The molecule has 0 bridgehead atoms. The van der Waals surface area contributed by atoms with Gasteiger partial charge in [-0.15, -0.1) is 0 Å². The van der Waals surface area contributed by atoms with Crippen molar-refractivity contribution in [3.05, 3.63) is 0 Å². The maximum atomic E-state index is 13.2. The largest absolute Gasteiger partial charge is 0.381 e. The molecule has 4 heteroatoms. The Bertz CT molecular complexity index is 365. The van der Waals surface area contributed by atoms with Crippen molar-refractivity contribution in [1.82, 2.24) is 5.32 Å². The highest BCUT2D eigenvalue weighted by atomic mass is 16.5. The van der Waals surface area contributed by atoms with Gasteiger partial charge >= 0.3 is 0 Å². The lowest BCUT2D eigenvalue weighted by molar-refractivity contribution is -0.162. The first-order valence-corrected chi connectivity index (χ1v) is 8.66. The lowest BCUT2D eigenvalue weighted by atomic mass is 9.69. The van der Waals surface area contributed by atoms with Crippen LogP contribution in [0.1, 0.15) is 51.9 Å². The first-order valence-electron chi connectivity index (χ1n) is 8.66. The normalized spacial score (nSPS) is 36.0. The van der Waals surface area contributed by atoms with Gasteiger partial charge in [0.25, 0.3) is 0 Å². The van der Waals surface area contributed by atoms with Gasteiger partial charge in [-0.2, -0.15) is 0 Å². The van der Waals surface area contributed by atoms with Crippen molar-refractivity contribution < 1.29 is 14.3 Å². The molecule has 0 saturated carbocycles. The second-order valence-electron chi connectivity index (χ2n) is 7.15. The third kappa shape index (κ3) is 3.03. The zero-order valence-electron chi connectivity index (χ0n) is 13.3. The van der Waals surface area contributed by atoms with E-state index in [1.54, 1.807) is 0 Å². The van der Waals surface area contributed by atoms with E-state index in [0.29, 0.717) is 5.78 Å². The number of carbonyl (C=O) groups excluding carboxylic acids is 1. The van der Waals surface area contributed by atoms with Gasteiger partial charge in [0.2, 0.25) is 0 Å². The van der Waals surface area contributed by atoms with Crippen molar-refractivity contribution in [3.8, 4) is 0 Å². The van der Waals surface area contributed by atoms with Crippen molar-refractivity contribution >= 4 is 5.78 Å². The number of nitrogens with one attached hydrogen (secondary N) is 1. The monoisotopic (exact) mass is 295 g/mol. The quantitative estimate of drug-likeness (QED) is 0.864. The van der Waals surface area contributed by atoms with Gasteiger partial charge in [0.05, 0.1) is 5.60 Å². The van der Waals surface area contributed by atoms with Crippen LogP contribution in [-0.2, 0) is 14.3 Å². The molecule has 3 aliphatic heterocycles. The lowest BCUT2D eigenvalue weighted by Crippen LogP contribution is -2.49. The van der Waals surface area contributed by atoms with E-state index in [2.05, 4.69) is 12.2 Å². The van der Waals surface area contributed by atoms with E-state index < -0.39 is 0 Å². The van der Waals surface area contributed by atoms with E-state index in [9.17, 15) is 4.79 Å². The first kappa shape index (κ1) is 15.4. The molecule has 120 valence electrons. The summed E-state index contributed by atoms with van der Waals surface area (Å²) in [7, 11) is 0. The van der Waals surface area contributed by atoms with Crippen LogP contribution in [-0.4, -0.2) is 44.3 Å². The van der Waals surface area contributed by atoms with Crippen LogP contribution in [0, 0.1) is 11.3 Å². The zero-order chi connectivity index (χ0) is 14.8. The average molecular weight is 295 g/mol. The molecule has 0 aromatic heterocycles.